The number of anilines is 1. The second-order valence-corrected chi connectivity index (χ2v) is 11.0. The smallest absolute Gasteiger partial charge is 0.257 e. The summed E-state index contributed by atoms with van der Waals surface area (Å²) < 4.78 is 34.9. The van der Waals surface area contributed by atoms with Crippen LogP contribution in [-0.2, 0) is 25.4 Å². The van der Waals surface area contributed by atoms with Crippen LogP contribution in [0.1, 0.15) is 18.4 Å². The van der Waals surface area contributed by atoms with E-state index in [1.54, 1.807) is 23.7 Å². The Balaban J connectivity index is 1.91. The Bertz CT molecular complexity index is 955. The molecule has 1 amide bonds. The van der Waals surface area contributed by atoms with E-state index in [9.17, 15) is 17.4 Å². The molecule has 1 aliphatic rings. The first kappa shape index (κ1) is 19.9. The molecule has 2 aromatic rings. The molecule has 0 aliphatic carbocycles. The number of allylic oxidation sites excluding steroid dienone is 1. The number of nitrogens with zero attached hydrogens (tertiary/aromatic N) is 1. The fourth-order valence-electron chi connectivity index (χ4n) is 2.85. The quantitative estimate of drug-likeness (QED) is 0.745. The second-order valence-electron chi connectivity index (χ2n) is 6.35. The topological polar surface area (TPSA) is 93.2 Å². The van der Waals surface area contributed by atoms with Crippen LogP contribution in [0, 0.1) is 5.92 Å². The molecule has 0 saturated carbocycles. The highest BCUT2D eigenvalue weighted by atomic mass is 32.2. The van der Waals surface area contributed by atoms with E-state index >= 15 is 0 Å². The maximum absolute atomic E-state index is 12.8. The van der Waals surface area contributed by atoms with E-state index in [2.05, 4.69) is 10.3 Å². The molecule has 2 heterocycles. The lowest BCUT2D eigenvalue weighted by Crippen LogP contribution is -2.19. The summed E-state index contributed by atoms with van der Waals surface area (Å²) in [7, 11) is -4.08. The van der Waals surface area contributed by atoms with E-state index in [-0.39, 0.29) is 16.7 Å². The fraction of sp³-hybridized carbons (Fsp3) is 0.333. The molecule has 1 N–H and O–H groups in total. The third-order valence-electron chi connectivity index (χ3n) is 4.33. The van der Waals surface area contributed by atoms with Gasteiger partial charge in [-0.15, -0.1) is 11.3 Å². The third-order valence-corrected chi connectivity index (χ3v) is 7.52. The van der Waals surface area contributed by atoms with E-state index in [0.29, 0.717) is 27.8 Å². The van der Waals surface area contributed by atoms with E-state index < -0.39 is 20.6 Å². The molecule has 1 fully saturated rings. The maximum Gasteiger partial charge on any atom is 0.257 e. The van der Waals surface area contributed by atoms with Gasteiger partial charge in [0.15, 0.2) is 15.0 Å². The number of sulfone groups is 1. The van der Waals surface area contributed by atoms with Gasteiger partial charge < -0.3 is 0 Å². The number of aromatic nitrogens is 1. The van der Waals surface area contributed by atoms with Crippen LogP contribution < -0.4 is 5.32 Å². The lowest BCUT2D eigenvalue weighted by atomic mass is 9.95. The third kappa shape index (κ3) is 5.33. The van der Waals surface area contributed by atoms with Crippen LogP contribution in [0.25, 0.3) is 5.57 Å². The van der Waals surface area contributed by atoms with Crippen molar-refractivity contribution in [3.05, 3.63) is 47.5 Å². The van der Waals surface area contributed by atoms with E-state index in [0.717, 1.165) is 19.1 Å². The molecule has 0 unspecified atom stereocenters. The van der Waals surface area contributed by atoms with Gasteiger partial charge in [-0.25, -0.2) is 13.4 Å². The Labute approximate surface area is 165 Å². The van der Waals surface area contributed by atoms with Crippen molar-refractivity contribution in [1.82, 2.24) is 4.98 Å². The van der Waals surface area contributed by atoms with Gasteiger partial charge >= 0.3 is 0 Å². The molecule has 0 radical (unpaired) electrons. The van der Waals surface area contributed by atoms with Gasteiger partial charge in [0.1, 0.15) is 0 Å². The molecule has 3 rings (SSSR count). The van der Waals surface area contributed by atoms with Crippen molar-refractivity contribution in [2.24, 2.45) is 5.92 Å². The summed E-state index contributed by atoms with van der Waals surface area (Å²) in [5, 5.41) is 5.06. The number of hydrogen-bond acceptors (Lipinski definition) is 6. The van der Waals surface area contributed by atoms with Crippen LogP contribution in [0.2, 0.25) is 0 Å². The minimum Gasteiger partial charge on any atom is -0.298 e. The lowest BCUT2D eigenvalue weighted by molar-refractivity contribution is -0.111. The standard InChI is InChI=1S/C18H20N2O4S3/c1-27(23,24)15-4-2-14(3-5-15)16(12-13-6-10-26(22)11-7-13)17(21)20-18-19-8-9-25-18/h2-5,8-9,12-13H,6-7,10-11H2,1H3,(H,19,20,21)/b16-12+. The fourth-order valence-corrected chi connectivity index (χ4v) is 5.34. The molecule has 27 heavy (non-hydrogen) atoms. The monoisotopic (exact) mass is 424 g/mol. The summed E-state index contributed by atoms with van der Waals surface area (Å²) in [5.41, 5.74) is 1.12. The van der Waals surface area contributed by atoms with Crippen LogP contribution in [0.5, 0.6) is 0 Å². The molecule has 0 atom stereocenters. The predicted octanol–water partition coefficient (Wildman–Crippen LogP) is 2.73. The van der Waals surface area contributed by atoms with Crippen LogP contribution >= 0.6 is 11.3 Å². The highest BCUT2D eigenvalue weighted by Gasteiger charge is 2.21. The van der Waals surface area contributed by atoms with Crippen LogP contribution in [0.3, 0.4) is 0 Å². The Kier molecular flexibility index (Phi) is 6.23. The minimum absolute atomic E-state index is 0.161. The first-order valence-electron chi connectivity index (χ1n) is 8.41. The number of carbonyl (C=O) groups excluding carboxylic acids is 1. The molecule has 1 aromatic heterocycles. The van der Waals surface area contributed by atoms with Gasteiger partial charge in [0, 0.05) is 45.7 Å². The molecule has 6 nitrogen and oxygen atoms in total. The van der Waals surface area contributed by atoms with Crippen molar-refractivity contribution in [3.63, 3.8) is 0 Å². The van der Waals surface area contributed by atoms with Crippen LogP contribution in [-0.4, -0.2) is 41.3 Å². The zero-order valence-electron chi connectivity index (χ0n) is 14.8. The van der Waals surface area contributed by atoms with Gasteiger partial charge in [0.05, 0.1) is 4.90 Å². The molecule has 0 spiro atoms. The van der Waals surface area contributed by atoms with Crippen LogP contribution in [0.4, 0.5) is 5.13 Å². The van der Waals surface area contributed by atoms with Gasteiger partial charge in [-0.2, -0.15) is 0 Å². The van der Waals surface area contributed by atoms with Crippen molar-refractivity contribution in [3.8, 4) is 0 Å². The minimum atomic E-state index is -3.30. The summed E-state index contributed by atoms with van der Waals surface area (Å²) >= 11 is 1.33. The van der Waals surface area contributed by atoms with Gasteiger partial charge in [0.2, 0.25) is 0 Å². The summed E-state index contributed by atoms with van der Waals surface area (Å²) in [4.78, 5) is 17.1. The summed E-state index contributed by atoms with van der Waals surface area (Å²) in [6.07, 6.45) is 6.20. The Morgan fingerprint density at radius 1 is 1.26 bits per heavy atom. The zero-order valence-corrected chi connectivity index (χ0v) is 17.2. The summed E-state index contributed by atoms with van der Waals surface area (Å²) in [5.74, 6) is 1.14. The normalized spacial score (nSPS) is 21.0. The molecule has 144 valence electrons. The molecule has 1 saturated heterocycles. The number of amides is 1. The van der Waals surface area contributed by atoms with Crippen molar-refractivity contribution in [2.75, 3.05) is 23.1 Å². The Morgan fingerprint density at radius 3 is 2.48 bits per heavy atom. The molecule has 0 bridgehead atoms. The highest BCUT2D eigenvalue weighted by molar-refractivity contribution is 7.90. The average Bonchev–Trinajstić information content (AvgIpc) is 3.13. The summed E-state index contributed by atoms with van der Waals surface area (Å²) in [6, 6.07) is 6.30. The van der Waals surface area contributed by atoms with Crippen molar-refractivity contribution < 1.29 is 17.4 Å². The SMILES string of the molecule is CS(=O)(=O)c1ccc(/C(=C\C2CCS(=O)CC2)C(=O)Nc2nccs2)cc1. The summed E-state index contributed by atoms with van der Waals surface area (Å²) in [6.45, 7) is 0. The predicted molar refractivity (Wildman–Crippen MR) is 109 cm³/mol. The first-order valence-corrected chi connectivity index (χ1v) is 12.7. The number of benzene rings is 1. The first-order chi connectivity index (χ1) is 12.8. The number of hydrogen-bond donors (Lipinski definition) is 1. The average molecular weight is 425 g/mol. The van der Waals surface area contributed by atoms with Crippen LogP contribution in [0.15, 0.2) is 46.8 Å². The highest BCUT2D eigenvalue weighted by Crippen LogP contribution is 2.26. The van der Waals surface area contributed by atoms with Gasteiger partial charge in [-0.1, -0.05) is 18.2 Å². The van der Waals surface area contributed by atoms with E-state index in [1.165, 1.54) is 23.5 Å². The van der Waals surface area contributed by atoms with Crippen molar-refractivity contribution in [1.29, 1.82) is 0 Å². The molecule has 9 heteroatoms. The van der Waals surface area contributed by atoms with E-state index in [1.807, 2.05) is 6.08 Å². The zero-order chi connectivity index (χ0) is 19.4. The molecule has 1 aromatic carbocycles. The van der Waals surface area contributed by atoms with E-state index in [4.69, 9.17) is 0 Å². The number of thiazole rings is 1. The number of carbonyl (C=O) groups is 1. The van der Waals surface area contributed by atoms with Crippen molar-refractivity contribution >= 4 is 48.6 Å². The van der Waals surface area contributed by atoms with Crippen molar-refractivity contribution in [2.45, 2.75) is 17.7 Å². The molecular formula is C18H20N2O4S3. The Hall–Kier alpha value is -1.84. The van der Waals surface area contributed by atoms with Gasteiger partial charge in [0.25, 0.3) is 5.91 Å². The number of rotatable bonds is 5. The molecular weight excluding hydrogens is 404 g/mol. The maximum atomic E-state index is 12.8. The lowest BCUT2D eigenvalue weighted by Gasteiger charge is -2.19. The largest absolute Gasteiger partial charge is 0.298 e. The Morgan fingerprint density at radius 2 is 1.93 bits per heavy atom. The van der Waals surface area contributed by atoms with Gasteiger partial charge in [-0.3, -0.25) is 14.3 Å². The second kappa shape index (κ2) is 8.45. The number of nitrogens with one attached hydrogen (secondary N) is 1. The molecule has 1 aliphatic heterocycles. The van der Waals surface area contributed by atoms with Gasteiger partial charge in [-0.05, 0) is 36.5 Å².